The molecule has 0 aliphatic carbocycles. The van der Waals surface area contributed by atoms with Gasteiger partial charge in [0.25, 0.3) is 0 Å². The first-order chi connectivity index (χ1) is 8.35. The predicted molar refractivity (Wildman–Crippen MR) is 70.8 cm³/mol. The number of nitrogens with two attached hydrogens (primary N) is 1. The minimum Gasteiger partial charge on any atom is -0.345 e. The van der Waals surface area contributed by atoms with Crippen LogP contribution >= 0.6 is 0 Å². The van der Waals surface area contributed by atoms with Crippen LogP contribution in [0.4, 0.5) is 0 Å². The van der Waals surface area contributed by atoms with Crippen molar-refractivity contribution in [2.45, 2.75) is 26.2 Å². The van der Waals surface area contributed by atoms with Crippen LogP contribution in [0.25, 0.3) is 11.3 Å². The lowest BCUT2D eigenvalue weighted by Crippen LogP contribution is -2.01. The second-order valence-corrected chi connectivity index (χ2v) is 4.12. The van der Waals surface area contributed by atoms with E-state index in [-0.39, 0.29) is 0 Å². The molecule has 0 radical (unpaired) electrons. The standard InChI is InChI=1S/C14H19N3/c1-2-12-14(11-7-4-3-5-8-11)17-13(16-12)9-6-10-15/h3-5,7-8H,2,6,9-10,15H2,1H3,(H,16,17). The Morgan fingerprint density at radius 3 is 2.65 bits per heavy atom. The average molecular weight is 229 g/mol. The maximum Gasteiger partial charge on any atom is 0.107 e. The zero-order valence-corrected chi connectivity index (χ0v) is 10.2. The van der Waals surface area contributed by atoms with Gasteiger partial charge in [0.05, 0.1) is 5.69 Å². The third kappa shape index (κ3) is 2.74. The maximum absolute atomic E-state index is 5.52. The van der Waals surface area contributed by atoms with Crippen molar-refractivity contribution in [1.29, 1.82) is 0 Å². The van der Waals surface area contributed by atoms with E-state index in [1.165, 1.54) is 11.3 Å². The summed E-state index contributed by atoms with van der Waals surface area (Å²) in [4.78, 5) is 8.08. The topological polar surface area (TPSA) is 54.7 Å². The fourth-order valence-corrected chi connectivity index (χ4v) is 1.94. The van der Waals surface area contributed by atoms with Crippen LogP contribution in [0.5, 0.6) is 0 Å². The summed E-state index contributed by atoms with van der Waals surface area (Å²) in [6, 6.07) is 10.3. The van der Waals surface area contributed by atoms with Gasteiger partial charge in [0.15, 0.2) is 0 Å². The van der Waals surface area contributed by atoms with Crippen molar-refractivity contribution < 1.29 is 0 Å². The van der Waals surface area contributed by atoms with Gasteiger partial charge in [-0.15, -0.1) is 0 Å². The molecule has 90 valence electrons. The largest absolute Gasteiger partial charge is 0.345 e. The molecule has 17 heavy (non-hydrogen) atoms. The number of nitrogens with zero attached hydrogens (tertiary/aromatic N) is 1. The van der Waals surface area contributed by atoms with Crippen molar-refractivity contribution in [1.82, 2.24) is 9.97 Å². The van der Waals surface area contributed by atoms with E-state index < -0.39 is 0 Å². The molecular weight excluding hydrogens is 210 g/mol. The van der Waals surface area contributed by atoms with E-state index in [2.05, 4.69) is 29.0 Å². The second kappa shape index (κ2) is 5.64. The molecule has 0 spiro atoms. The minimum absolute atomic E-state index is 0.711. The number of benzene rings is 1. The van der Waals surface area contributed by atoms with E-state index >= 15 is 0 Å². The highest BCUT2D eigenvalue weighted by Crippen LogP contribution is 2.22. The number of imidazole rings is 1. The van der Waals surface area contributed by atoms with Gasteiger partial charge >= 0.3 is 0 Å². The van der Waals surface area contributed by atoms with Crippen LogP contribution in [-0.2, 0) is 12.8 Å². The fourth-order valence-electron chi connectivity index (χ4n) is 1.94. The van der Waals surface area contributed by atoms with Crippen molar-refractivity contribution in [3.05, 3.63) is 41.9 Å². The lowest BCUT2D eigenvalue weighted by molar-refractivity contribution is 0.790. The molecular formula is C14H19N3. The molecule has 2 rings (SSSR count). The summed E-state index contributed by atoms with van der Waals surface area (Å²) in [6.45, 7) is 2.86. The van der Waals surface area contributed by atoms with Gasteiger partial charge in [-0.1, -0.05) is 37.3 Å². The van der Waals surface area contributed by atoms with Crippen LogP contribution in [0.3, 0.4) is 0 Å². The van der Waals surface area contributed by atoms with E-state index in [0.717, 1.165) is 30.8 Å². The van der Waals surface area contributed by atoms with E-state index in [1.807, 2.05) is 18.2 Å². The Bertz CT molecular complexity index is 460. The summed E-state index contributed by atoms with van der Waals surface area (Å²) in [5.41, 5.74) is 9.00. The van der Waals surface area contributed by atoms with Gasteiger partial charge in [0.2, 0.25) is 0 Å². The van der Waals surface area contributed by atoms with Crippen LogP contribution in [-0.4, -0.2) is 16.5 Å². The lowest BCUT2D eigenvalue weighted by Gasteiger charge is -1.98. The van der Waals surface area contributed by atoms with Crippen molar-refractivity contribution in [2.24, 2.45) is 5.73 Å². The molecule has 0 aliphatic heterocycles. The third-order valence-electron chi connectivity index (χ3n) is 2.85. The Kier molecular flexibility index (Phi) is 3.94. The number of hydrogen-bond acceptors (Lipinski definition) is 2. The molecule has 1 aromatic carbocycles. The first-order valence-corrected chi connectivity index (χ1v) is 6.18. The average Bonchev–Trinajstić information content (AvgIpc) is 2.80. The Balaban J connectivity index is 2.30. The highest BCUT2D eigenvalue weighted by atomic mass is 14.9. The minimum atomic E-state index is 0.711. The Labute approximate surface area is 102 Å². The van der Waals surface area contributed by atoms with Crippen molar-refractivity contribution in [3.8, 4) is 11.3 Å². The maximum atomic E-state index is 5.52. The van der Waals surface area contributed by atoms with Gasteiger partial charge in [-0.25, -0.2) is 4.98 Å². The Morgan fingerprint density at radius 1 is 1.24 bits per heavy atom. The van der Waals surface area contributed by atoms with E-state index in [1.54, 1.807) is 0 Å². The van der Waals surface area contributed by atoms with Gasteiger partial charge in [0.1, 0.15) is 5.82 Å². The normalized spacial score (nSPS) is 10.7. The number of nitrogens with one attached hydrogen (secondary N) is 1. The van der Waals surface area contributed by atoms with Gasteiger partial charge in [-0.2, -0.15) is 0 Å². The number of rotatable bonds is 5. The van der Waals surface area contributed by atoms with Gasteiger partial charge in [-0.3, -0.25) is 0 Å². The first kappa shape index (κ1) is 11.9. The molecule has 0 fully saturated rings. The molecule has 0 unspecified atom stereocenters. The van der Waals surface area contributed by atoms with Crippen molar-refractivity contribution >= 4 is 0 Å². The quantitative estimate of drug-likeness (QED) is 0.827. The molecule has 0 saturated carbocycles. The van der Waals surface area contributed by atoms with Gasteiger partial charge in [0, 0.05) is 17.7 Å². The molecule has 0 amide bonds. The SMILES string of the molecule is CCc1[nH]c(CCCN)nc1-c1ccccc1. The molecule has 0 bridgehead atoms. The van der Waals surface area contributed by atoms with Gasteiger partial charge in [-0.05, 0) is 19.4 Å². The molecule has 3 heteroatoms. The Hall–Kier alpha value is -1.61. The van der Waals surface area contributed by atoms with Crippen LogP contribution in [0, 0.1) is 0 Å². The molecule has 2 aromatic rings. The van der Waals surface area contributed by atoms with Crippen LogP contribution in [0.1, 0.15) is 24.9 Å². The van der Waals surface area contributed by atoms with Crippen LogP contribution < -0.4 is 5.73 Å². The van der Waals surface area contributed by atoms with E-state index in [9.17, 15) is 0 Å². The van der Waals surface area contributed by atoms with Gasteiger partial charge < -0.3 is 10.7 Å². The summed E-state index contributed by atoms with van der Waals surface area (Å²) in [6.07, 6.45) is 2.88. The molecule has 0 atom stereocenters. The monoisotopic (exact) mass is 229 g/mol. The first-order valence-electron chi connectivity index (χ1n) is 6.18. The van der Waals surface area contributed by atoms with E-state index in [4.69, 9.17) is 5.73 Å². The zero-order valence-electron chi connectivity index (χ0n) is 10.2. The molecule has 1 heterocycles. The fraction of sp³-hybridized carbons (Fsp3) is 0.357. The van der Waals surface area contributed by atoms with E-state index in [0.29, 0.717) is 6.54 Å². The number of aryl methyl sites for hydroxylation is 2. The lowest BCUT2D eigenvalue weighted by atomic mass is 10.1. The zero-order chi connectivity index (χ0) is 12.1. The molecule has 0 aliphatic rings. The van der Waals surface area contributed by atoms with Crippen molar-refractivity contribution in [2.75, 3.05) is 6.54 Å². The molecule has 0 saturated heterocycles. The van der Waals surface area contributed by atoms with Crippen molar-refractivity contribution in [3.63, 3.8) is 0 Å². The Morgan fingerprint density at radius 2 is 2.00 bits per heavy atom. The summed E-state index contributed by atoms with van der Waals surface area (Å²) in [5, 5.41) is 0. The molecule has 3 N–H and O–H groups in total. The summed E-state index contributed by atoms with van der Waals surface area (Å²) in [7, 11) is 0. The summed E-state index contributed by atoms with van der Waals surface area (Å²) >= 11 is 0. The summed E-state index contributed by atoms with van der Waals surface area (Å²) < 4.78 is 0. The molecule has 3 nitrogen and oxygen atoms in total. The number of H-pyrrole nitrogens is 1. The smallest absolute Gasteiger partial charge is 0.107 e. The number of hydrogen-bond donors (Lipinski definition) is 2. The second-order valence-electron chi connectivity index (χ2n) is 4.12. The predicted octanol–water partition coefficient (Wildman–Crippen LogP) is 2.53. The third-order valence-corrected chi connectivity index (χ3v) is 2.85. The highest BCUT2D eigenvalue weighted by molar-refractivity contribution is 5.61. The molecule has 1 aromatic heterocycles. The van der Waals surface area contributed by atoms with Crippen LogP contribution in [0.15, 0.2) is 30.3 Å². The highest BCUT2D eigenvalue weighted by Gasteiger charge is 2.09. The van der Waals surface area contributed by atoms with Crippen LogP contribution in [0.2, 0.25) is 0 Å². The number of aromatic amines is 1. The number of aromatic nitrogens is 2. The summed E-state index contributed by atoms with van der Waals surface area (Å²) in [5.74, 6) is 1.05.